The molecule has 1 fully saturated rings. The molecule has 4 rings (SSSR count). The zero-order chi connectivity index (χ0) is 21.6. The highest BCUT2D eigenvalue weighted by Crippen LogP contribution is 2.45. The molecule has 5 N–H and O–H groups in total. The first-order valence-corrected chi connectivity index (χ1v) is 10.3. The van der Waals surface area contributed by atoms with Crippen molar-refractivity contribution in [3.8, 4) is 11.1 Å². The molecule has 0 radical (unpaired) electrons. The fourth-order valence-corrected chi connectivity index (χ4v) is 4.76. The molecule has 6 heteroatoms. The van der Waals surface area contributed by atoms with Crippen LogP contribution in [0.1, 0.15) is 57.5 Å². The molecule has 30 heavy (non-hydrogen) atoms. The van der Waals surface area contributed by atoms with Crippen LogP contribution < -0.4 is 11.5 Å². The molecule has 1 saturated carbocycles. The van der Waals surface area contributed by atoms with Gasteiger partial charge in [0.25, 0.3) is 0 Å². The van der Waals surface area contributed by atoms with Gasteiger partial charge in [0.15, 0.2) is 0 Å². The van der Waals surface area contributed by atoms with Gasteiger partial charge in [-0.1, -0.05) is 13.0 Å². The highest BCUT2D eigenvalue weighted by Gasteiger charge is 2.37. The van der Waals surface area contributed by atoms with Crippen LogP contribution in [0.25, 0.3) is 22.0 Å². The number of fused-ring (bicyclic) bond motifs is 1. The van der Waals surface area contributed by atoms with Gasteiger partial charge in [0, 0.05) is 17.8 Å². The van der Waals surface area contributed by atoms with E-state index < -0.39 is 11.8 Å². The Kier molecular flexibility index (Phi) is 5.12. The average Bonchev–Trinajstić information content (AvgIpc) is 3.12. The van der Waals surface area contributed by atoms with E-state index >= 15 is 0 Å². The van der Waals surface area contributed by atoms with E-state index in [4.69, 9.17) is 11.5 Å². The number of aromatic amines is 1. The Morgan fingerprint density at radius 1 is 1.10 bits per heavy atom. The van der Waals surface area contributed by atoms with Crippen LogP contribution in [-0.2, 0) is 6.42 Å². The molecule has 1 aliphatic carbocycles. The number of carbonyl (C=O) groups is 2. The van der Waals surface area contributed by atoms with Crippen molar-refractivity contribution in [1.82, 2.24) is 9.88 Å². The Bertz CT molecular complexity index is 1140. The molecule has 0 bridgehead atoms. The summed E-state index contributed by atoms with van der Waals surface area (Å²) in [5.74, 6) is -1.03. The van der Waals surface area contributed by atoms with Crippen LogP contribution in [0.4, 0.5) is 0 Å². The van der Waals surface area contributed by atoms with Gasteiger partial charge in [-0.05, 0) is 91.2 Å². The number of hydrogen-bond acceptors (Lipinski definition) is 3. The van der Waals surface area contributed by atoms with E-state index in [1.165, 1.54) is 0 Å². The molecule has 1 aliphatic rings. The predicted molar refractivity (Wildman–Crippen MR) is 120 cm³/mol. The van der Waals surface area contributed by atoms with E-state index in [9.17, 15) is 9.59 Å². The number of primary amides is 2. The molecule has 156 valence electrons. The second kappa shape index (κ2) is 7.61. The third kappa shape index (κ3) is 3.27. The summed E-state index contributed by atoms with van der Waals surface area (Å²) in [5, 5.41) is 1.09. The molecule has 0 unspecified atom stereocenters. The number of nitrogens with two attached hydrogens (primary N) is 2. The minimum absolute atomic E-state index is 0.184. The number of rotatable bonds is 6. The summed E-state index contributed by atoms with van der Waals surface area (Å²) in [6.45, 7) is 2.08. The van der Waals surface area contributed by atoms with E-state index in [0.29, 0.717) is 11.6 Å². The van der Waals surface area contributed by atoms with Gasteiger partial charge in [0.2, 0.25) is 11.8 Å². The monoisotopic (exact) mass is 404 g/mol. The normalized spacial score (nSPS) is 18.5. The van der Waals surface area contributed by atoms with Crippen molar-refractivity contribution in [1.29, 1.82) is 0 Å². The van der Waals surface area contributed by atoms with Gasteiger partial charge in [0.1, 0.15) is 0 Å². The lowest BCUT2D eigenvalue weighted by Crippen LogP contribution is -2.40. The Morgan fingerprint density at radius 3 is 2.43 bits per heavy atom. The van der Waals surface area contributed by atoms with E-state index in [2.05, 4.69) is 37.0 Å². The van der Waals surface area contributed by atoms with Crippen molar-refractivity contribution in [3.63, 3.8) is 0 Å². The van der Waals surface area contributed by atoms with Crippen molar-refractivity contribution in [3.05, 3.63) is 58.8 Å². The molecule has 0 saturated heterocycles. The van der Waals surface area contributed by atoms with Gasteiger partial charge in [-0.2, -0.15) is 0 Å². The maximum Gasteiger partial charge on any atom is 0.249 e. The van der Waals surface area contributed by atoms with Gasteiger partial charge in [-0.25, -0.2) is 0 Å². The van der Waals surface area contributed by atoms with Crippen LogP contribution >= 0.6 is 0 Å². The van der Waals surface area contributed by atoms with Crippen LogP contribution in [-0.4, -0.2) is 41.8 Å². The third-order valence-electron chi connectivity index (χ3n) is 6.46. The van der Waals surface area contributed by atoms with Crippen molar-refractivity contribution in [2.24, 2.45) is 11.5 Å². The zero-order valence-corrected chi connectivity index (χ0v) is 17.7. The molecule has 3 aromatic rings. The van der Waals surface area contributed by atoms with Gasteiger partial charge in [-0.15, -0.1) is 0 Å². The van der Waals surface area contributed by atoms with Crippen LogP contribution in [0.2, 0.25) is 0 Å². The molecular formula is C24H28N4O2. The predicted octanol–water partition coefficient (Wildman–Crippen LogP) is 3.40. The summed E-state index contributed by atoms with van der Waals surface area (Å²) in [5.41, 5.74) is 17.0. The molecule has 6 nitrogen and oxygen atoms in total. The third-order valence-corrected chi connectivity index (χ3v) is 6.46. The van der Waals surface area contributed by atoms with E-state index in [1.807, 2.05) is 24.4 Å². The minimum atomic E-state index is -0.625. The number of H-pyrrole nitrogens is 1. The largest absolute Gasteiger partial charge is 0.366 e. The van der Waals surface area contributed by atoms with Crippen molar-refractivity contribution < 1.29 is 9.59 Å². The second-order valence-electron chi connectivity index (χ2n) is 8.39. The lowest BCUT2D eigenvalue weighted by atomic mass is 9.70. The Morgan fingerprint density at radius 2 is 1.83 bits per heavy atom. The molecule has 2 aromatic carbocycles. The maximum absolute atomic E-state index is 12.5. The maximum atomic E-state index is 12.5. The average molecular weight is 405 g/mol. The standard InChI is InChI=1S/C24H28N4O2/c1-4-17-18(13-5-6-20-14(9-13)7-8-27-20)12-19(23(25)29)22(24(26)30)21(17)15-10-16(11-15)28(2)3/h5-9,12,15-16,27H,4,10-11H2,1-3H3,(H2,25,29)(H2,26,30). The van der Waals surface area contributed by atoms with Crippen molar-refractivity contribution in [2.75, 3.05) is 14.1 Å². The van der Waals surface area contributed by atoms with Crippen molar-refractivity contribution >= 4 is 22.7 Å². The molecule has 0 aliphatic heterocycles. The topological polar surface area (TPSA) is 105 Å². The van der Waals surface area contributed by atoms with E-state index in [-0.39, 0.29) is 11.5 Å². The summed E-state index contributed by atoms with van der Waals surface area (Å²) in [6, 6.07) is 10.4. The van der Waals surface area contributed by atoms with Crippen LogP contribution in [0.15, 0.2) is 36.5 Å². The number of aromatic nitrogens is 1. The Balaban J connectivity index is 1.96. The first kappa shape index (κ1) is 20.2. The summed E-state index contributed by atoms with van der Waals surface area (Å²) in [7, 11) is 4.13. The second-order valence-corrected chi connectivity index (χ2v) is 8.39. The highest BCUT2D eigenvalue weighted by molar-refractivity contribution is 6.09. The molecule has 2 amide bonds. The number of nitrogens with one attached hydrogen (secondary N) is 1. The number of carbonyl (C=O) groups excluding carboxylic acids is 2. The lowest BCUT2D eigenvalue weighted by Gasteiger charge is -2.41. The number of hydrogen-bond donors (Lipinski definition) is 3. The zero-order valence-electron chi connectivity index (χ0n) is 17.7. The molecule has 1 aromatic heterocycles. The van der Waals surface area contributed by atoms with Gasteiger partial charge < -0.3 is 21.4 Å². The number of nitrogens with zero attached hydrogens (tertiary/aromatic N) is 1. The summed E-state index contributed by atoms with van der Waals surface area (Å²) in [4.78, 5) is 30.2. The first-order valence-electron chi connectivity index (χ1n) is 10.3. The molecule has 1 heterocycles. The lowest BCUT2D eigenvalue weighted by molar-refractivity contribution is 0.0963. The first-order chi connectivity index (χ1) is 14.3. The molecular weight excluding hydrogens is 376 g/mol. The van der Waals surface area contributed by atoms with Crippen LogP contribution in [0.5, 0.6) is 0 Å². The Hall–Kier alpha value is -3.12. The quantitative estimate of drug-likeness (QED) is 0.586. The molecule has 0 spiro atoms. The summed E-state index contributed by atoms with van der Waals surface area (Å²) < 4.78 is 0. The Labute approximate surface area is 176 Å². The van der Waals surface area contributed by atoms with Crippen LogP contribution in [0.3, 0.4) is 0 Å². The van der Waals surface area contributed by atoms with Crippen LogP contribution in [0, 0.1) is 0 Å². The fraction of sp³-hybridized carbons (Fsp3) is 0.333. The van der Waals surface area contributed by atoms with E-state index in [1.54, 1.807) is 6.07 Å². The SMILES string of the molecule is CCc1c(-c2ccc3[nH]ccc3c2)cc(C(N)=O)c(C(N)=O)c1C1CC(N(C)C)C1. The van der Waals surface area contributed by atoms with Crippen molar-refractivity contribution in [2.45, 2.75) is 38.1 Å². The smallest absolute Gasteiger partial charge is 0.249 e. The number of benzene rings is 2. The fourth-order valence-electron chi connectivity index (χ4n) is 4.76. The summed E-state index contributed by atoms with van der Waals surface area (Å²) >= 11 is 0. The number of amides is 2. The van der Waals surface area contributed by atoms with Gasteiger partial charge >= 0.3 is 0 Å². The summed E-state index contributed by atoms with van der Waals surface area (Å²) in [6.07, 6.45) is 4.50. The highest BCUT2D eigenvalue weighted by atomic mass is 16.2. The molecule has 0 atom stereocenters. The van der Waals surface area contributed by atoms with Gasteiger partial charge in [0.05, 0.1) is 11.1 Å². The van der Waals surface area contributed by atoms with Gasteiger partial charge in [-0.3, -0.25) is 9.59 Å². The van der Waals surface area contributed by atoms with E-state index in [0.717, 1.165) is 52.4 Å². The minimum Gasteiger partial charge on any atom is -0.366 e.